The van der Waals surface area contributed by atoms with E-state index in [1.807, 2.05) is 27.7 Å². The van der Waals surface area contributed by atoms with Gasteiger partial charge in [0.1, 0.15) is 0 Å². The molecule has 0 aliphatic carbocycles. The summed E-state index contributed by atoms with van der Waals surface area (Å²) >= 11 is 0. The summed E-state index contributed by atoms with van der Waals surface area (Å²) in [6.45, 7) is 9.30. The van der Waals surface area contributed by atoms with Gasteiger partial charge in [-0.1, -0.05) is 27.7 Å². The number of aliphatic carboxylic acids is 1. The second-order valence-electron chi connectivity index (χ2n) is 5.24. The quantitative estimate of drug-likeness (QED) is 0.697. The Bertz CT molecular complexity index is 254. The van der Waals surface area contributed by atoms with Crippen molar-refractivity contribution in [2.75, 3.05) is 13.1 Å². The van der Waals surface area contributed by atoms with Gasteiger partial charge in [-0.3, -0.25) is 9.59 Å². The molecule has 1 amide bonds. The van der Waals surface area contributed by atoms with Gasteiger partial charge in [-0.15, -0.1) is 0 Å². The van der Waals surface area contributed by atoms with Crippen LogP contribution < -0.4 is 5.73 Å². The lowest BCUT2D eigenvalue weighted by molar-refractivity contribution is -0.142. The summed E-state index contributed by atoms with van der Waals surface area (Å²) in [5.74, 6) is -0.626. The highest BCUT2D eigenvalue weighted by molar-refractivity contribution is 5.86. The van der Waals surface area contributed by atoms with Gasteiger partial charge in [0.2, 0.25) is 5.91 Å². The third kappa shape index (κ3) is 6.94. The number of rotatable bonds is 7. The molecule has 5 nitrogen and oxygen atoms in total. The van der Waals surface area contributed by atoms with E-state index in [9.17, 15) is 9.59 Å². The summed E-state index contributed by atoms with van der Waals surface area (Å²) in [5, 5.41) is 8.63. The second kappa shape index (κ2) is 7.27. The van der Waals surface area contributed by atoms with Crippen molar-refractivity contribution < 1.29 is 14.7 Å². The summed E-state index contributed by atoms with van der Waals surface area (Å²) in [6.07, 6.45) is -0.314. The number of nitrogens with zero attached hydrogens (tertiary/aromatic N) is 1. The minimum atomic E-state index is -1.04. The Morgan fingerprint density at radius 1 is 1.12 bits per heavy atom. The summed E-state index contributed by atoms with van der Waals surface area (Å²) in [7, 11) is 0. The largest absolute Gasteiger partial charge is 0.481 e. The van der Waals surface area contributed by atoms with Crippen molar-refractivity contribution in [3.8, 4) is 0 Å². The van der Waals surface area contributed by atoms with Gasteiger partial charge >= 0.3 is 5.97 Å². The van der Waals surface area contributed by atoms with Crippen LogP contribution in [-0.4, -0.2) is 41.0 Å². The highest BCUT2D eigenvalue weighted by Crippen LogP contribution is 2.07. The Morgan fingerprint density at radius 3 is 1.82 bits per heavy atom. The zero-order chi connectivity index (χ0) is 13.6. The van der Waals surface area contributed by atoms with Crippen LogP contribution in [0.2, 0.25) is 0 Å². The van der Waals surface area contributed by atoms with E-state index >= 15 is 0 Å². The van der Waals surface area contributed by atoms with Gasteiger partial charge in [-0.2, -0.15) is 0 Å². The standard InChI is InChI=1S/C12H24N2O3/c1-8(2)6-14(7-9(3)4)12(17)10(13)5-11(15)16/h8-10H,5-7,13H2,1-4H3,(H,15,16)/t10-/m0/s1. The second-order valence-corrected chi connectivity index (χ2v) is 5.24. The summed E-state index contributed by atoms with van der Waals surface area (Å²) in [5.41, 5.74) is 5.60. The number of hydrogen-bond acceptors (Lipinski definition) is 3. The van der Waals surface area contributed by atoms with Crippen molar-refractivity contribution in [2.45, 2.75) is 40.2 Å². The summed E-state index contributed by atoms with van der Waals surface area (Å²) in [4.78, 5) is 24.2. The molecule has 3 N–H and O–H groups in total. The minimum absolute atomic E-state index is 0.269. The summed E-state index contributed by atoms with van der Waals surface area (Å²) < 4.78 is 0. The molecule has 0 aliphatic heterocycles. The van der Waals surface area contributed by atoms with E-state index in [0.29, 0.717) is 24.9 Å². The predicted octanol–water partition coefficient (Wildman–Crippen LogP) is 0.929. The van der Waals surface area contributed by atoms with Gasteiger partial charge in [-0.05, 0) is 11.8 Å². The van der Waals surface area contributed by atoms with Gasteiger partial charge in [0.15, 0.2) is 0 Å². The molecule has 0 aliphatic rings. The van der Waals surface area contributed by atoms with Crippen LogP contribution in [0.3, 0.4) is 0 Å². The van der Waals surface area contributed by atoms with Crippen LogP contribution in [0.25, 0.3) is 0 Å². The van der Waals surface area contributed by atoms with Crippen LogP contribution in [0.5, 0.6) is 0 Å². The first-order valence-electron chi connectivity index (χ1n) is 6.00. The molecule has 17 heavy (non-hydrogen) atoms. The molecule has 0 fully saturated rings. The van der Waals surface area contributed by atoms with Crippen LogP contribution in [0, 0.1) is 11.8 Å². The lowest BCUT2D eigenvalue weighted by atomic mass is 10.1. The van der Waals surface area contributed by atoms with Crippen molar-refractivity contribution in [2.24, 2.45) is 17.6 Å². The fourth-order valence-electron chi connectivity index (χ4n) is 1.65. The van der Waals surface area contributed by atoms with Gasteiger partial charge in [0.25, 0.3) is 0 Å². The number of nitrogens with two attached hydrogens (primary N) is 1. The van der Waals surface area contributed by atoms with Gasteiger partial charge in [0, 0.05) is 13.1 Å². The molecule has 0 aromatic rings. The van der Waals surface area contributed by atoms with Crippen molar-refractivity contribution in [1.82, 2.24) is 4.90 Å². The number of carboxylic acid groups (broad SMARTS) is 1. The van der Waals surface area contributed by atoms with Crippen LogP contribution in [0.4, 0.5) is 0 Å². The Balaban J connectivity index is 4.55. The first-order valence-corrected chi connectivity index (χ1v) is 6.00. The molecule has 0 heterocycles. The van der Waals surface area contributed by atoms with Crippen molar-refractivity contribution in [3.63, 3.8) is 0 Å². The maximum Gasteiger partial charge on any atom is 0.305 e. The van der Waals surface area contributed by atoms with E-state index in [1.54, 1.807) is 4.90 Å². The molecular weight excluding hydrogens is 220 g/mol. The molecule has 0 aromatic heterocycles. The molecule has 0 bridgehead atoms. The molecule has 0 radical (unpaired) electrons. The monoisotopic (exact) mass is 244 g/mol. The minimum Gasteiger partial charge on any atom is -0.481 e. The Hall–Kier alpha value is -1.10. The highest BCUT2D eigenvalue weighted by atomic mass is 16.4. The SMILES string of the molecule is CC(C)CN(CC(C)C)C(=O)[C@@H](N)CC(=O)O. The van der Waals surface area contributed by atoms with Crippen molar-refractivity contribution in [3.05, 3.63) is 0 Å². The average Bonchev–Trinajstić information content (AvgIpc) is 2.12. The zero-order valence-corrected chi connectivity index (χ0v) is 11.1. The van der Waals surface area contributed by atoms with Crippen LogP contribution in [0.15, 0.2) is 0 Å². The molecular formula is C12H24N2O3. The number of carboxylic acids is 1. The number of carbonyl (C=O) groups is 2. The maximum absolute atomic E-state index is 12.0. The number of amides is 1. The van der Waals surface area contributed by atoms with Crippen LogP contribution >= 0.6 is 0 Å². The molecule has 0 saturated carbocycles. The van der Waals surface area contributed by atoms with E-state index in [2.05, 4.69) is 0 Å². The molecule has 0 spiro atoms. The molecule has 100 valence electrons. The lowest BCUT2D eigenvalue weighted by Gasteiger charge is -2.28. The van der Waals surface area contributed by atoms with E-state index in [4.69, 9.17) is 10.8 Å². The van der Waals surface area contributed by atoms with E-state index in [0.717, 1.165) is 0 Å². The Labute approximate surface area is 103 Å². The molecule has 0 saturated heterocycles. The topological polar surface area (TPSA) is 83.6 Å². The Kier molecular flexibility index (Phi) is 6.80. The Morgan fingerprint density at radius 2 is 1.53 bits per heavy atom. The maximum atomic E-state index is 12.0. The van der Waals surface area contributed by atoms with Gasteiger partial charge < -0.3 is 15.7 Å². The third-order valence-electron chi connectivity index (χ3n) is 2.19. The first-order chi connectivity index (χ1) is 7.73. The van der Waals surface area contributed by atoms with Crippen LogP contribution in [-0.2, 0) is 9.59 Å². The molecule has 0 unspecified atom stereocenters. The van der Waals surface area contributed by atoms with Gasteiger partial charge in [-0.25, -0.2) is 0 Å². The molecule has 1 atom stereocenters. The predicted molar refractivity (Wildman–Crippen MR) is 66.5 cm³/mol. The fourth-order valence-corrected chi connectivity index (χ4v) is 1.65. The number of hydrogen-bond donors (Lipinski definition) is 2. The fraction of sp³-hybridized carbons (Fsp3) is 0.833. The normalized spacial score (nSPS) is 12.9. The van der Waals surface area contributed by atoms with E-state index in [1.165, 1.54) is 0 Å². The van der Waals surface area contributed by atoms with Crippen molar-refractivity contribution in [1.29, 1.82) is 0 Å². The summed E-state index contributed by atoms with van der Waals surface area (Å²) in [6, 6.07) is -0.940. The highest BCUT2D eigenvalue weighted by Gasteiger charge is 2.24. The van der Waals surface area contributed by atoms with Crippen molar-refractivity contribution >= 4 is 11.9 Å². The van der Waals surface area contributed by atoms with Crippen LogP contribution in [0.1, 0.15) is 34.1 Å². The molecule has 0 aromatic carbocycles. The molecule has 5 heteroatoms. The van der Waals surface area contributed by atoms with E-state index in [-0.39, 0.29) is 12.3 Å². The molecule has 0 rings (SSSR count). The van der Waals surface area contributed by atoms with Gasteiger partial charge in [0.05, 0.1) is 12.5 Å². The zero-order valence-electron chi connectivity index (χ0n) is 11.1. The van der Waals surface area contributed by atoms with E-state index < -0.39 is 12.0 Å². The third-order valence-corrected chi connectivity index (χ3v) is 2.19. The number of carbonyl (C=O) groups excluding carboxylic acids is 1. The smallest absolute Gasteiger partial charge is 0.305 e. The lowest BCUT2D eigenvalue weighted by Crippen LogP contribution is -2.47. The average molecular weight is 244 g/mol. The first kappa shape index (κ1) is 15.9.